The Kier molecular flexibility index (Phi) is 5.79. The van der Waals surface area contributed by atoms with Crippen LogP contribution in [0.1, 0.15) is 32.1 Å². The van der Waals surface area contributed by atoms with Crippen LogP contribution in [0.4, 0.5) is 10.3 Å². The maximum atomic E-state index is 15.3. The van der Waals surface area contributed by atoms with Crippen LogP contribution in [-0.2, 0) is 0 Å². The van der Waals surface area contributed by atoms with Crippen molar-refractivity contribution in [2.75, 3.05) is 19.1 Å². The minimum atomic E-state index is -0.955. The maximum absolute atomic E-state index is 15.3. The van der Waals surface area contributed by atoms with Crippen molar-refractivity contribution in [3.05, 3.63) is 30.6 Å². The third-order valence-electron chi connectivity index (χ3n) is 7.30. The molecule has 4 heterocycles. The molecule has 2 saturated heterocycles. The van der Waals surface area contributed by atoms with Gasteiger partial charge in [0, 0.05) is 29.3 Å². The van der Waals surface area contributed by atoms with Crippen LogP contribution in [0.5, 0.6) is 17.5 Å². The SMILES string of the molecule is COc1ncc(-c2ccc(-c3cnc(N(C4CC4)[C@H]4C[C@@H]5CC[C@@H](N5)[C@H]4F)nn3)c(O)c2)nc1OC. The molecule has 0 amide bonds. The Hall–Kier alpha value is -3.60. The number of nitrogens with zero attached hydrogens (tertiary/aromatic N) is 6. The van der Waals surface area contributed by atoms with E-state index in [1.54, 1.807) is 30.6 Å². The van der Waals surface area contributed by atoms with Gasteiger partial charge >= 0.3 is 0 Å². The van der Waals surface area contributed by atoms with Crippen molar-refractivity contribution in [2.45, 2.75) is 62.4 Å². The fourth-order valence-electron chi connectivity index (χ4n) is 5.37. The molecule has 1 aliphatic carbocycles. The van der Waals surface area contributed by atoms with Gasteiger partial charge in [-0.05, 0) is 44.2 Å². The zero-order valence-electron chi connectivity index (χ0n) is 20.1. The lowest BCUT2D eigenvalue weighted by atomic mass is 9.96. The topological polar surface area (TPSA) is 118 Å². The number of hydrogen-bond acceptors (Lipinski definition) is 10. The molecule has 10 nitrogen and oxygen atoms in total. The third-order valence-corrected chi connectivity index (χ3v) is 7.30. The van der Waals surface area contributed by atoms with Crippen molar-refractivity contribution < 1.29 is 19.0 Å². The number of aromatic nitrogens is 5. The molecule has 2 bridgehead atoms. The second kappa shape index (κ2) is 9.12. The van der Waals surface area contributed by atoms with E-state index in [0.717, 1.165) is 32.1 Å². The van der Waals surface area contributed by atoms with Crippen LogP contribution >= 0.6 is 0 Å². The Morgan fingerprint density at radius 2 is 1.81 bits per heavy atom. The number of nitrogens with one attached hydrogen (secondary N) is 1. The van der Waals surface area contributed by atoms with Crippen molar-refractivity contribution in [1.82, 2.24) is 30.5 Å². The van der Waals surface area contributed by atoms with Gasteiger partial charge in [-0.25, -0.2) is 19.3 Å². The van der Waals surface area contributed by atoms with E-state index < -0.39 is 6.17 Å². The van der Waals surface area contributed by atoms with Crippen LogP contribution < -0.4 is 19.7 Å². The number of benzene rings is 1. The molecule has 3 aliphatic rings. The summed E-state index contributed by atoms with van der Waals surface area (Å²) in [5.41, 5.74) is 2.08. The summed E-state index contributed by atoms with van der Waals surface area (Å²) in [6, 6.07) is 5.40. The monoisotopic (exact) mass is 493 g/mol. The van der Waals surface area contributed by atoms with Crippen molar-refractivity contribution in [1.29, 1.82) is 0 Å². The van der Waals surface area contributed by atoms with Crippen molar-refractivity contribution in [3.8, 4) is 40.0 Å². The number of rotatable bonds is 7. The van der Waals surface area contributed by atoms with Gasteiger partial charge in [0.15, 0.2) is 0 Å². The standard InChI is InChI=1S/C25H28FN7O3/c1-35-23-24(36-2)30-18(11-27-23)13-3-7-16(21(34)9-13)19-12-28-25(32-31-19)33(15-5-6-15)20-10-14-4-8-17(29-14)22(20)26/h3,7,9,11-12,14-15,17,20,22,29,34H,4-6,8,10H2,1-2H3/t14-,17+,20-,22+/m0/s1. The molecule has 2 aliphatic heterocycles. The second-order valence-electron chi connectivity index (χ2n) is 9.58. The lowest BCUT2D eigenvalue weighted by molar-refractivity contribution is 0.171. The lowest BCUT2D eigenvalue weighted by Gasteiger charge is -2.40. The van der Waals surface area contributed by atoms with E-state index in [2.05, 4.69) is 30.5 Å². The largest absolute Gasteiger partial charge is 0.507 e. The molecule has 3 fully saturated rings. The Morgan fingerprint density at radius 1 is 1.00 bits per heavy atom. The number of phenols is 1. The molecule has 0 radical (unpaired) electrons. The first-order chi connectivity index (χ1) is 17.6. The van der Waals surface area contributed by atoms with E-state index in [1.165, 1.54) is 14.2 Å². The van der Waals surface area contributed by atoms with Gasteiger partial charge in [0.1, 0.15) is 17.6 Å². The molecule has 188 valence electrons. The van der Waals surface area contributed by atoms with Gasteiger partial charge in [-0.15, -0.1) is 10.2 Å². The van der Waals surface area contributed by atoms with Crippen molar-refractivity contribution in [2.24, 2.45) is 0 Å². The molecule has 1 aromatic carbocycles. The molecule has 0 spiro atoms. The van der Waals surface area contributed by atoms with Crippen LogP contribution in [0.15, 0.2) is 30.6 Å². The lowest BCUT2D eigenvalue weighted by Crippen LogP contribution is -2.57. The third kappa shape index (κ3) is 4.06. The molecule has 3 aromatic rings. The number of piperidine rings is 1. The molecule has 2 N–H and O–H groups in total. The number of halogens is 1. The molecule has 0 unspecified atom stereocenters. The van der Waals surface area contributed by atoms with E-state index in [-0.39, 0.29) is 35.6 Å². The van der Waals surface area contributed by atoms with Gasteiger partial charge in [0.05, 0.1) is 38.3 Å². The molecule has 11 heteroatoms. The minimum absolute atomic E-state index is 0.00531. The number of hydrogen-bond donors (Lipinski definition) is 2. The number of methoxy groups -OCH3 is 2. The van der Waals surface area contributed by atoms with Crippen molar-refractivity contribution >= 4 is 5.95 Å². The number of aromatic hydroxyl groups is 1. The summed E-state index contributed by atoms with van der Waals surface area (Å²) in [4.78, 5) is 15.2. The number of alkyl halides is 1. The van der Waals surface area contributed by atoms with E-state index in [9.17, 15) is 5.11 Å². The molecule has 2 aromatic heterocycles. The molecule has 1 saturated carbocycles. The molecule has 6 rings (SSSR count). The highest BCUT2D eigenvalue weighted by atomic mass is 19.1. The summed E-state index contributed by atoms with van der Waals surface area (Å²) in [5, 5.41) is 22.9. The van der Waals surface area contributed by atoms with Gasteiger partial charge < -0.3 is 24.8 Å². The van der Waals surface area contributed by atoms with Crippen LogP contribution in [0.3, 0.4) is 0 Å². The Bertz CT molecular complexity index is 1260. The highest BCUT2D eigenvalue weighted by molar-refractivity contribution is 5.72. The summed E-state index contributed by atoms with van der Waals surface area (Å²) in [5.74, 6) is 0.986. The highest BCUT2D eigenvalue weighted by Gasteiger charge is 2.48. The quantitative estimate of drug-likeness (QED) is 0.509. The Balaban J connectivity index is 1.25. The van der Waals surface area contributed by atoms with Gasteiger partial charge in [0.2, 0.25) is 5.95 Å². The van der Waals surface area contributed by atoms with Crippen LogP contribution in [-0.4, -0.2) is 74.8 Å². The van der Waals surface area contributed by atoms with E-state index >= 15 is 4.39 Å². The Labute approximate surface area is 207 Å². The first kappa shape index (κ1) is 22.8. The number of anilines is 1. The summed E-state index contributed by atoms with van der Waals surface area (Å²) in [7, 11) is 2.98. The van der Waals surface area contributed by atoms with E-state index in [4.69, 9.17) is 9.47 Å². The van der Waals surface area contributed by atoms with Gasteiger partial charge in [-0.1, -0.05) is 6.07 Å². The zero-order valence-corrected chi connectivity index (χ0v) is 20.1. The fraction of sp³-hybridized carbons (Fsp3) is 0.480. The molecule has 4 atom stereocenters. The van der Waals surface area contributed by atoms with Gasteiger partial charge in [0.25, 0.3) is 11.8 Å². The van der Waals surface area contributed by atoms with Crippen molar-refractivity contribution in [3.63, 3.8) is 0 Å². The van der Waals surface area contributed by atoms with Gasteiger partial charge in [-0.3, -0.25) is 0 Å². The Morgan fingerprint density at radius 3 is 2.50 bits per heavy atom. The first-order valence-corrected chi connectivity index (χ1v) is 12.2. The van der Waals surface area contributed by atoms with Crippen LogP contribution in [0.25, 0.3) is 22.5 Å². The van der Waals surface area contributed by atoms with Crippen LogP contribution in [0.2, 0.25) is 0 Å². The average Bonchev–Trinajstić information content (AvgIpc) is 3.66. The van der Waals surface area contributed by atoms with E-state index in [1.807, 2.05) is 4.90 Å². The van der Waals surface area contributed by atoms with Gasteiger partial charge in [-0.2, -0.15) is 0 Å². The highest BCUT2D eigenvalue weighted by Crippen LogP contribution is 2.40. The number of ether oxygens (including phenoxy) is 2. The average molecular weight is 494 g/mol. The fourth-order valence-corrected chi connectivity index (χ4v) is 5.37. The summed E-state index contributed by atoms with van der Waals surface area (Å²) < 4.78 is 25.6. The smallest absolute Gasteiger partial charge is 0.278 e. The number of phenolic OH excluding ortho intramolecular Hbond substituents is 1. The molecular formula is C25H28FN7O3. The molecular weight excluding hydrogens is 465 g/mol. The predicted octanol–water partition coefficient (Wildman–Crippen LogP) is 2.92. The zero-order chi connectivity index (χ0) is 24.8. The minimum Gasteiger partial charge on any atom is -0.507 e. The van der Waals surface area contributed by atoms with E-state index in [0.29, 0.717) is 34.5 Å². The predicted molar refractivity (Wildman–Crippen MR) is 130 cm³/mol. The second-order valence-corrected chi connectivity index (χ2v) is 9.58. The van der Waals surface area contributed by atoms with Crippen LogP contribution in [0, 0.1) is 0 Å². The first-order valence-electron chi connectivity index (χ1n) is 12.2. The number of fused-ring (bicyclic) bond motifs is 2. The summed E-state index contributed by atoms with van der Waals surface area (Å²) >= 11 is 0. The maximum Gasteiger partial charge on any atom is 0.278 e. The molecule has 36 heavy (non-hydrogen) atoms. The normalized spacial score (nSPS) is 25.0. The summed E-state index contributed by atoms with van der Waals surface area (Å²) in [6.07, 6.45) is 6.85. The summed E-state index contributed by atoms with van der Waals surface area (Å²) in [6.45, 7) is 0.